The summed E-state index contributed by atoms with van der Waals surface area (Å²) in [7, 11) is 0. The van der Waals surface area contributed by atoms with E-state index in [0.29, 0.717) is 32.4 Å². The summed E-state index contributed by atoms with van der Waals surface area (Å²) in [6.07, 6.45) is 11.6. The minimum atomic E-state index is 0.378. The Bertz CT molecular complexity index is 573. The zero-order valence-electron chi connectivity index (χ0n) is 15.4. The van der Waals surface area contributed by atoms with Crippen molar-refractivity contribution in [1.82, 2.24) is 26.1 Å². The van der Waals surface area contributed by atoms with Crippen molar-refractivity contribution >= 4 is 123 Å². The third kappa shape index (κ3) is 6.91. The fraction of sp³-hybridized carbons (Fsp3) is 0.500. The van der Waals surface area contributed by atoms with Crippen molar-refractivity contribution in [2.75, 3.05) is 37.5 Å². The van der Waals surface area contributed by atoms with Gasteiger partial charge in [0.25, 0.3) is 0 Å². The molecule has 1 heterocycles. The molecule has 1 aromatic heterocycles. The van der Waals surface area contributed by atoms with Gasteiger partial charge in [0.15, 0.2) is 32.4 Å². The summed E-state index contributed by atoms with van der Waals surface area (Å²) in [5.74, 6) is 1.13. The van der Waals surface area contributed by atoms with E-state index < -0.39 is 0 Å². The van der Waals surface area contributed by atoms with E-state index >= 15 is 0 Å². The van der Waals surface area contributed by atoms with Gasteiger partial charge in [-0.25, -0.2) is 26.1 Å². The van der Waals surface area contributed by atoms with E-state index in [0.717, 1.165) is 0 Å². The zero-order valence-corrected chi connectivity index (χ0v) is 22.7. The minimum Gasteiger partial charge on any atom is -0.245 e. The van der Waals surface area contributed by atoms with Crippen LogP contribution in [-0.4, -0.2) is 78.6 Å². The van der Waals surface area contributed by atoms with Gasteiger partial charge in [-0.3, -0.25) is 0 Å². The van der Waals surface area contributed by atoms with Crippen LogP contribution in [0, 0.1) is 0 Å². The Morgan fingerprint density at radius 1 is 0.519 bits per heavy atom. The average Bonchev–Trinajstić information content (AvgIpc) is 2.70. The molecule has 6 nitrogen and oxygen atoms in total. The lowest BCUT2D eigenvalue weighted by atomic mass is 10.5. The average molecular weight is 535 g/mol. The molecule has 0 fully saturated rings. The molecule has 0 amide bonds. The van der Waals surface area contributed by atoms with Gasteiger partial charge in [-0.1, -0.05) is 36.7 Å². The zero-order chi connectivity index (χ0) is 20.6. The minimum absolute atomic E-state index is 0.378. The second kappa shape index (κ2) is 13.2. The third-order valence-electron chi connectivity index (χ3n) is 2.70. The summed E-state index contributed by atoms with van der Waals surface area (Å²) in [6.45, 7) is 0. The highest BCUT2D eigenvalue weighted by molar-refractivity contribution is 8.14. The Labute approximate surface area is 202 Å². The molecule has 0 spiro atoms. The Kier molecular flexibility index (Phi) is 12.6. The molecular formula is C12H18N6S9. The quantitative estimate of drug-likeness (QED) is 0.330. The predicted octanol–water partition coefficient (Wildman–Crippen LogP) is 4.47. The lowest BCUT2D eigenvalue weighted by molar-refractivity contribution is 0.944. The predicted molar refractivity (Wildman–Crippen MR) is 142 cm³/mol. The fourth-order valence-corrected chi connectivity index (χ4v) is 6.52. The molecule has 15 heteroatoms. The first-order valence-corrected chi connectivity index (χ1v) is 15.2. The van der Waals surface area contributed by atoms with Crippen molar-refractivity contribution in [3.63, 3.8) is 0 Å². The lowest BCUT2D eigenvalue weighted by Crippen LogP contribution is -2.28. The van der Waals surface area contributed by atoms with Crippen molar-refractivity contribution in [3.8, 4) is 0 Å². The van der Waals surface area contributed by atoms with Crippen LogP contribution in [-0.2, 0) is 0 Å². The van der Waals surface area contributed by atoms with E-state index in [-0.39, 0.29) is 0 Å². The van der Waals surface area contributed by atoms with Crippen molar-refractivity contribution in [3.05, 3.63) is 17.5 Å². The van der Waals surface area contributed by atoms with Crippen LogP contribution in [0.2, 0.25) is 0 Å². The molecule has 1 rings (SSSR count). The van der Waals surface area contributed by atoms with Crippen molar-refractivity contribution in [1.29, 1.82) is 0 Å². The molecule has 0 N–H and O–H groups in total. The first-order chi connectivity index (χ1) is 12.9. The molecule has 0 radical (unpaired) electrons. The SMILES string of the molecule is CSN(SC)C(=S)c1nc(C(=S)N(SC)SC)nc(C(=S)N(SC)SC)n1. The molecule has 0 unspecified atom stereocenters. The molecule has 0 saturated heterocycles. The topological polar surface area (TPSA) is 48.4 Å². The van der Waals surface area contributed by atoms with E-state index in [4.69, 9.17) is 36.7 Å². The molecule has 150 valence electrons. The summed E-state index contributed by atoms with van der Waals surface area (Å²) in [6, 6.07) is 0. The Morgan fingerprint density at radius 3 is 0.852 bits per heavy atom. The fourth-order valence-electron chi connectivity index (χ4n) is 1.63. The van der Waals surface area contributed by atoms with Gasteiger partial charge in [-0.05, 0) is 71.7 Å². The standard InChI is InChI=1S/C12H18N6S9/c1-22-16(23-2)10(19)7-13-8(11(20)17(24-3)25-4)15-9(14-7)12(21)18(26-5)27-6/h1-6H3. The van der Waals surface area contributed by atoms with E-state index in [2.05, 4.69) is 15.0 Å². The van der Waals surface area contributed by atoms with Gasteiger partial charge in [0, 0.05) is 37.5 Å². The third-order valence-corrected chi connectivity index (χ3v) is 10.3. The molecule has 0 aliphatic rings. The monoisotopic (exact) mass is 534 g/mol. The van der Waals surface area contributed by atoms with Gasteiger partial charge < -0.3 is 0 Å². The molecule has 27 heavy (non-hydrogen) atoms. The summed E-state index contributed by atoms with van der Waals surface area (Å²) in [5, 5.41) is 0. The summed E-state index contributed by atoms with van der Waals surface area (Å²) >= 11 is 25.6. The van der Waals surface area contributed by atoms with E-state index in [1.165, 1.54) is 71.7 Å². The van der Waals surface area contributed by atoms with Gasteiger partial charge in [0.05, 0.1) is 0 Å². The van der Waals surface area contributed by atoms with Gasteiger partial charge >= 0.3 is 0 Å². The maximum atomic E-state index is 5.57. The van der Waals surface area contributed by atoms with Crippen molar-refractivity contribution < 1.29 is 0 Å². The molecule has 0 bridgehead atoms. The number of thiocarbonyl (C=S) groups is 3. The largest absolute Gasteiger partial charge is 0.245 e. The van der Waals surface area contributed by atoms with E-state index in [1.807, 2.05) is 48.7 Å². The van der Waals surface area contributed by atoms with Gasteiger partial charge in [-0.2, -0.15) is 0 Å². The first-order valence-electron chi connectivity index (χ1n) is 6.92. The number of aromatic nitrogens is 3. The Morgan fingerprint density at radius 2 is 0.704 bits per heavy atom. The highest BCUT2D eigenvalue weighted by atomic mass is 32.2. The normalized spacial score (nSPS) is 10.4. The van der Waals surface area contributed by atoms with Crippen LogP contribution >= 0.6 is 108 Å². The van der Waals surface area contributed by atoms with Crippen LogP contribution in [0.5, 0.6) is 0 Å². The highest BCUT2D eigenvalue weighted by Gasteiger charge is 2.23. The van der Waals surface area contributed by atoms with Crippen LogP contribution in [0.25, 0.3) is 0 Å². The second-order valence-electron chi connectivity index (χ2n) is 4.09. The molecule has 0 aromatic carbocycles. The van der Waals surface area contributed by atoms with E-state index in [1.54, 1.807) is 0 Å². The van der Waals surface area contributed by atoms with Gasteiger partial charge in [0.1, 0.15) is 0 Å². The van der Waals surface area contributed by atoms with Crippen molar-refractivity contribution in [2.24, 2.45) is 0 Å². The number of nitrogens with zero attached hydrogens (tertiary/aromatic N) is 6. The van der Waals surface area contributed by atoms with Gasteiger partial charge in [-0.15, -0.1) is 0 Å². The number of hydrogen-bond acceptors (Lipinski definition) is 12. The molecule has 0 aliphatic heterocycles. The maximum Gasteiger partial charge on any atom is 0.193 e. The molecule has 1 aromatic rings. The number of hydrogen-bond donors (Lipinski definition) is 0. The maximum absolute atomic E-state index is 5.57. The van der Waals surface area contributed by atoms with Crippen LogP contribution in [0.3, 0.4) is 0 Å². The van der Waals surface area contributed by atoms with Crippen LogP contribution in [0.4, 0.5) is 0 Å². The van der Waals surface area contributed by atoms with Crippen LogP contribution in [0.15, 0.2) is 0 Å². The molecule has 0 atom stereocenters. The van der Waals surface area contributed by atoms with Crippen LogP contribution < -0.4 is 0 Å². The van der Waals surface area contributed by atoms with Crippen LogP contribution in [0.1, 0.15) is 17.5 Å². The second-order valence-corrected chi connectivity index (χ2v) is 10.3. The van der Waals surface area contributed by atoms with Crippen molar-refractivity contribution in [2.45, 2.75) is 0 Å². The Balaban J connectivity index is 3.49. The van der Waals surface area contributed by atoms with E-state index in [9.17, 15) is 0 Å². The summed E-state index contributed by atoms with van der Waals surface area (Å²) in [5.41, 5.74) is 0. The molecule has 0 aliphatic carbocycles. The molecule has 0 saturated carbocycles. The summed E-state index contributed by atoms with van der Waals surface area (Å²) in [4.78, 5) is 15.1. The Hall–Kier alpha value is 0.780. The smallest absolute Gasteiger partial charge is 0.193 e. The first kappa shape index (κ1) is 25.8. The number of rotatable bonds is 9. The molecular weight excluding hydrogens is 517 g/mol. The van der Waals surface area contributed by atoms with Gasteiger partial charge in [0.2, 0.25) is 0 Å². The lowest BCUT2D eigenvalue weighted by Gasteiger charge is -2.22. The summed E-state index contributed by atoms with van der Waals surface area (Å²) < 4.78 is 5.56. The highest BCUT2D eigenvalue weighted by Crippen LogP contribution is 2.24.